The highest BCUT2D eigenvalue weighted by Crippen LogP contribution is 2.33. The molecule has 2 aromatic rings. The van der Waals surface area contributed by atoms with E-state index in [2.05, 4.69) is 36.5 Å². The monoisotopic (exact) mass is 552 g/mol. The number of hydrogen-bond donors (Lipinski definition) is 2. The van der Waals surface area contributed by atoms with Crippen LogP contribution in [-0.2, 0) is 13.1 Å². The number of aryl methyl sites for hydroxylation is 2. The van der Waals surface area contributed by atoms with Crippen LogP contribution in [0.25, 0.3) is 0 Å². The average molecular weight is 553 g/mol. The summed E-state index contributed by atoms with van der Waals surface area (Å²) in [7, 11) is 3.23. The Morgan fingerprint density at radius 2 is 1.85 bits per heavy atom. The second-order valence-electron chi connectivity index (χ2n) is 5.60. The molecule has 9 heteroatoms. The molecule has 0 aliphatic heterocycles. The van der Waals surface area contributed by atoms with Gasteiger partial charge >= 0.3 is 0 Å². The topological polar surface area (TPSA) is 80.9 Å². The molecular formula is C18H26BrIN4O3. The highest BCUT2D eigenvalue weighted by atomic mass is 127. The summed E-state index contributed by atoms with van der Waals surface area (Å²) in [5.74, 6) is 3.50. The second kappa shape index (κ2) is 11.4. The van der Waals surface area contributed by atoms with Gasteiger partial charge in [0.2, 0.25) is 5.89 Å². The van der Waals surface area contributed by atoms with Gasteiger partial charge in [0.25, 0.3) is 0 Å². The maximum atomic E-state index is 5.59. The lowest BCUT2D eigenvalue weighted by Gasteiger charge is -2.12. The van der Waals surface area contributed by atoms with E-state index in [4.69, 9.17) is 13.9 Å². The lowest BCUT2D eigenvalue weighted by molar-refractivity contribution is 0.354. The Kier molecular flexibility index (Phi) is 9.92. The van der Waals surface area contributed by atoms with Crippen LogP contribution in [-0.4, -0.2) is 31.7 Å². The lowest BCUT2D eigenvalue weighted by Crippen LogP contribution is -2.36. The van der Waals surface area contributed by atoms with Crippen molar-refractivity contribution >= 4 is 45.9 Å². The zero-order chi connectivity index (χ0) is 19.1. The molecule has 1 heterocycles. The summed E-state index contributed by atoms with van der Waals surface area (Å²) in [6.45, 7) is 7.54. The highest BCUT2D eigenvalue weighted by Gasteiger charge is 2.10. The van der Waals surface area contributed by atoms with Crippen molar-refractivity contribution in [3.63, 3.8) is 0 Å². The molecule has 1 aromatic carbocycles. The predicted molar refractivity (Wildman–Crippen MR) is 120 cm³/mol. The summed E-state index contributed by atoms with van der Waals surface area (Å²) in [6, 6.07) is 3.79. The Morgan fingerprint density at radius 1 is 1.19 bits per heavy atom. The Labute approximate surface area is 185 Å². The molecule has 1 aromatic heterocycles. The second-order valence-corrected chi connectivity index (χ2v) is 6.45. The number of methoxy groups -OCH3 is 2. The van der Waals surface area contributed by atoms with Crippen LogP contribution in [0.3, 0.4) is 0 Å². The Hall–Kier alpha value is -1.49. The van der Waals surface area contributed by atoms with Crippen molar-refractivity contribution in [1.29, 1.82) is 0 Å². The minimum absolute atomic E-state index is 0. The molecule has 150 valence electrons. The third-order valence-corrected chi connectivity index (χ3v) is 4.52. The minimum atomic E-state index is 0. The van der Waals surface area contributed by atoms with Crippen molar-refractivity contribution in [2.45, 2.75) is 33.9 Å². The molecule has 0 spiro atoms. The number of halogens is 2. The molecule has 0 bridgehead atoms. The van der Waals surface area contributed by atoms with Gasteiger partial charge in [-0.1, -0.05) is 15.9 Å². The third-order valence-electron chi connectivity index (χ3n) is 3.78. The van der Waals surface area contributed by atoms with Gasteiger partial charge in [-0.05, 0) is 38.5 Å². The number of oxazole rings is 1. The maximum absolute atomic E-state index is 5.59. The summed E-state index contributed by atoms with van der Waals surface area (Å²) in [4.78, 5) is 8.98. The molecule has 0 aliphatic rings. The van der Waals surface area contributed by atoms with E-state index in [9.17, 15) is 0 Å². The number of aliphatic imine (C=N–C) groups is 1. The molecule has 0 saturated carbocycles. The first kappa shape index (κ1) is 23.5. The van der Waals surface area contributed by atoms with E-state index in [1.165, 1.54) is 0 Å². The van der Waals surface area contributed by atoms with Crippen molar-refractivity contribution < 1.29 is 13.9 Å². The van der Waals surface area contributed by atoms with Gasteiger partial charge in [0.15, 0.2) is 17.5 Å². The zero-order valence-corrected chi connectivity index (χ0v) is 20.1. The molecule has 0 saturated heterocycles. The summed E-state index contributed by atoms with van der Waals surface area (Å²) < 4.78 is 17.2. The van der Waals surface area contributed by atoms with Crippen LogP contribution in [0.2, 0.25) is 0 Å². The van der Waals surface area contributed by atoms with E-state index in [-0.39, 0.29) is 24.0 Å². The quantitative estimate of drug-likeness (QED) is 0.307. The first-order valence-corrected chi connectivity index (χ1v) is 9.13. The van der Waals surface area contributed by atoms with Gasteiger partial charge in [-0.25, -0.2) is 9.98 Å². The lowest BCUT2D eigenvalue weighted by atomic mass is 10.2. The fourth-order valence-electron chi connectivity index (χ4n) is 2.30. The largest absolute Gasteiger partial charge is 0.493 e. The Bertz CT molecular complexity index is 761. The number of ether oxygens (including phenoxy) is 2. The standard InChI is InChI=1S/C18H25BrN4O3.HI/c1-6-20-18(22-10-17-23-11(2)12(3)26-17)21-9-13-7-15(24-4)16(25-5)8-14(13)19;/h7-8H,6,9-10H2,1-5H3,(H2,20,21,22);1H. The summed E-state index contributed by atoms with van der Waals surface area (Å²) in [5.41, 5.74) is 1.89. The average Bonchev–Trinajstić information content (AvgIpc) is 2.95. The van der Waals surface area contributed by atoms with Crippen LogP contribution in [0.4, 0.5) is 0 Å². The molecule has 27 heavy (non-hydrogen) atoms. The van der Waals surface area contributed by atoms with Gasteiger partial charge < -0.3 is 24.5 Å². The minimum Gasteiger partial charge on any atom is -0.493 e. The van der Waals surface area contributed by atoms with E-state index in [0.717, 1.165) is 28.0 Å². The molecule has 0 aliphatic carbocycles. The summed E-state index contributed by atoms with van der Waals surface area (Å²) in [5, 5.41) is 6.44. The van der Waals surface area contributed by atoms with Crippen LogP contribution in [0, 0.1) is 13.8 Å². The number of nitrogens with one attached hydrogen (secondary N) is 2. The molecule has 0 amide bonds. The van der Waals surface area contributed by atoms with Gasteiger partial charge in [0.05, 0.1) is 33.0 Å². The molecule has 0 atom stereocenters. The van der Waals surface area contributed by atoms with Gasteiger partial charge in [-0.15, -0.1) is 24.0 Å². The Morgan fingerprint density at radius 3 is 2.41 bits per heavy atom. The number of rotatable bonds is 7. The summed E-state index contributed by atoms with van der Waals surface area (Å²) >= 11 is 3.56. The number of guanidine groups is 1. The van der Waals surface area contributed by atoms with Crippen LogP contribution >= 0.6 is 39.9 Å². The number of hydrogen-bond acceptors (Lipinski definition) is 5. The van der Waals surface area contributed by atoms with Crippen molar-refractivity contribution in [3.05, 3.63) is 39.5 Å². The molecule has 0 unspecified atom stereocenters. The van der Waals surface area contributed by atoms with Gasteiger partial charge in [0, 0.05) is 11.0 Å². The van der Waals surface area contributed by atoms with E-state index >= 15 is 0 Å². The molecular weight excluding hydrogens is 527 g/mol. The van der Waals surface area contributed by atoms with Crippen LogP contribution < -0.4 is 20.1 Å². The van der Waals surface area contributed by atoms with Crippen molar-refractivity contribution in [1.82, 2.24) is 15.6 Å². The molecule has 2 N–H and O–H groups in total. The van der Waals surface area contributed by atoms with Crippen LogP contribution in [0.15, 0.2) is 26.0 Å². The van der Waals surface area contributed by atoms with Crippen LogP contribution in [0.1, 0.15) is 29.8 Å². The van der Waals surface area contributed by atoms with Gasteiger partial charge in [0.1, 0.15) is 5.76 Å². The van der Waals surface area contributed by atoms with E-state index in [1.54, 1.807) is 14.2 Å². The number of nitrogens with zero attached hydrogens (tertiary/aromatic N) is 2. The van der Waals surface area contributed by atoms with Crippen molar-refractivity contribution in [3.8, 4) is 11.5 Å². The van der Waals surface area contributed by atoms with Crippen LogP contribution in [0.5, 0.6) is 11.5 Å². The fraction of sp³-hybridized carbons (Fsp3) is 0.444. The predicted octanol–water partition coefficient (Wildman–Crippen LogP) is 3.94. The maximum Gasteiger partial charge on any atom is 0.214 e. The van der Waals surface area contributed by atoms with Crippen molar-refractivity contribution in [2.24, 2.45) is 4.99 Å². The smallest absolute Gasteiger partial charge is 0.214 e. The normalized spacial score (nSPS) is 11.0. The molecule has 2 rings (SSSR count). The van der Waals surface area contributed by atoms with E-state index < -0.39 is 0 Å². The highest BCUT2D eigenvalue weighted by molar-refractivity contribution is 14.0. The third kappa shape index (κ3) is 6.56. The molecule has 7 nitrogen and oxygen atoms in total. The molecule has 0 radical (unpaired) electrons. The number of benzene rings is 1. The number of aromatic nitrogens is 1. The Balaban J connectivity index is 0.00000364. The SMILES string of the molecule is CCNC(=NCc1cc(OC)c(OC)cc1Br)NCc1nc(C)c(C)o1.I. The van der Waals surface area contributed by atoms with Gasteiger partial charge in [-0.3, -0.25) is 0 Å². The van der Waals surface area contributed by atoms with E-state index in [1.807, 2.05) is 32.9 Å². The van der Waals surface area contributed by atoms with Gasteiger partial charge in [-0.2, -0.15) is 0 Å². The van der Waals surface area contributed by atoms with E-state index in [0.29, 0.717) is 36.4 Å². The first-order valence-electron chi connectivity index (χ1n) is 8.34. The fourth-order valence-corrected chi connectivity index (χ4v) is 2.75. The molecule has 0 fully saturated rings. The zero-order valence-electron chi connectivity index (χ0n) is 16.2. The van der Waals surface area contributed by atoms with Crippen molar-refractivity contribution in [2.75, 3.05) is 20.8 Å². The first-order chi connectivity index (χ1) is 12.5. The summed E-state index contributed by atoms with van der Waals surface area (Å²) in [6.07, 6.45) is 0.